The van der Waals surface area contributed by atoms with Crippen molar-refractivity contribution in [2.45, 2.75) is 31.7 Å². The van der Waals surface area contributed by atoms with Gasteiger partial charge in [0, 0.05) is 31.5 Å². The first kappa shape index (κ1) is 20.3. The minimum Gasteiger partial charge on any atom is -0.504 e. The molecule has 158 valence electrons. The van der Waals surface area contributed by atoms with Crippen LogP contribution in [0.5, 0.6) is 11.5 Å². The Morgan fingerprint density at radius 2 is 1.90 bits per heavy atom. The number of halogens is 3. The van der Waals surface area contributed by atoms with E-state index in [-0.39, 0.29) is 11.8 Å². The first-order chi connectivity index (χ1) is 14.4. The smallest absolute Gasteiger partial charge is 0.416 e. The van der Waals surface area contributed by atoms with Crippen molar-refractivity contribution in [3.63, 3.8) is 0 Å². The van der Waals surface area contributed by atoms with Crippen LogP contribution in [0.25, 0.3) is 0 Å². The molecule has 0 radical (unpaired) electrons. The average molecular weight is 416 g/mol. The summed E-state index contributed by atoms with van der Waals surface area (Å²) in [6.07, 6.45) is -1.48. The fraction of sp³-hybridized carbons (Fsp3) is 0.304. The van der Waals surface area contributed by atoms with Crippen LogP contribution < -0.4 is 4.74 Å². The second-order valence-corrected chi connectivity index (χ2v) is 7.48. The zero-order valence-corrected chi connectivity index (χ0v) is 16.6. The van der Waals surface area contributed by atoms with Crippen molar-refractivity contribution in [2.24, 2.45) is 0 Å². The summed E-state index contributed by atoms with van der Waals surface area (Å²) in [6, 6.07) is 14.6. The molecule has 30 heavy (non-hydrogen) atoms. The quantitative estimate of drug-likeness (QED) is 0.634. The molecule has 4 nitrogen and oxygen atoms in total. The summed E-state index contributed by atoms with van der Waals surface area (Å²) in [5.74, 6) is 0.420. The van der Waals surface area contributed by atoms with Gasteiger partial charge in [0.05, 0.1) is 18.7 Å². The van der Waals surface area contributed by atoms with Gasteiger partial charge < -0.3 is 14.4 Å². The van der Waals surface area contributed by atoms with Crippen LogP contribution in [-0.4, -0.2) is 28.2 Å². The highest BCUT2D eigenvalue weighted by molar-refractivity contribution is 5.44. The molecule has 0 spiro atoms. The molecule has 1 aromatic heterocycles. The molecule has 4 rings (SSSR count). The van der Waals surface area contributed by atoms with Crippen LogP contribution in [0.2, 0.25) is 0 Å². The molecule has 2 heterocycles. The molecule has 1 unspecified atom stereocenters. The minimum atomic E-state index is -4.37. The van der Waals surface area contributed by atoms with Gasteiger partial charge in [0.15, 0.2) is 11.5 Å². The molecular weight excluding hydrogens is 393 g/mol. The van der Waals surface area contributed by atoms with Crippen molar-refractivity contribution in [1.29, 1.82) is 0 Å². The summed E-state index contributed by atoms with van der Waals surface area (Å²) < 4.78 is 46.8. The van der Waals surface area contributed by atoms with E-state index in [2.05, 4.69) is 9.47 Å². The van der Waals surface area contributed by atoms with E-state index in [4.69, 9.17) is 4.74 Å². The lowest BCUT2D eigenvalue weighted by atomic mass is 10.00. The third kappa shape index (κ3) is 4.03. The molecule has 1 aliphatic rings. The summed E-state index contributed by atoms with van der Waals surface area (Å²) in [5, 5.41) is 10.3. The van der Waals surface area contributed by atoms with Gasteiger partial charge in [-0.25, -0.2) is 0 Å². The SMILES string of the molecule is COc1ccc(C2c3cccn3CCCN2Cc2cccc(C(F)(F)F)c2)cc1O. The van der Waals surface area contributed by atoms with E-state index in [0.717, 1.165) is 36.8 Å². The normalized spacial score (nSPS) is 17.4. The highest BCUT2D eigenvalue weighted by atomic mass is 19.4. The Morgan fingerprint density at radius 1 is 1.07 bits per heavy atom. The second kappa shape index (κ2) is 8.07. The molecule has 7 heteroatoms. The Labute approximate surface area is 173 Å². The van der Waals surface area contributed by atoms with Gasteiger partial charge in [0.2, 0.25) is 0 Å². The summed E-state index contributed by atoms with van der Waals surface area (Å²) in [7, 11) is 1.49. The molecular formula is C23H23F3N2O2. The number of aromatic nitrogens is 1. The van der Waals surface area contributed by atoms with E-state index in [1.54, 1.807) is 18.2 Å². The third-order valence-electron chi connectivity index (χ3n) is 5.51. The Morgan fingerprint density at radius 3 is 2.63 bits per heavy atom. The third-order valence-corrected chi connectivity index (χ3v) is 5.51. The molecule has 0 aliphatic carbocycles. The summed E-state index contributed by atoms with van der Waals surface area (Å²) in [4.78, 5) is 2.16. The van der Waals surface area contributed by atoms with Gasteiger partial charge >= 0.3 is 6.18 Å². The van der Waals surface area contributed by atoms with E-state index < -0.39 is 11.7 Å². The van der Waals surface area contributed by atoms with Gasteiger partial charge in [-0.1, -0.05) is 24.3 Å². The van der Waals surface area contributed by atoms with Crippen LogP contribution in [0.15, 0.2) is 60.8 Å². The largest absolute Gasteiger partial charge is 0.504 e. The average Bonchev–Trinajstić information content (AvgIpc) is 3.09. The molecule has 0 saturated heterocycles. The first-order valence-corrected chi connectivity index (χ1v) is 9.79. The number of benzene rings is 2. The van der Waals surface area contributed by atoms with E-state index >= 15 is 0 Å². The van der Waals surface area contributed by atoms with Crippen molar-refractivity contribution in [2.75, 3.05) is 13.7 Å². The number of ether oxygens (including phenoxy) is 1. The highest BCUT2D eigenvalue weighted by Crippen LogP contribution is 2.37. The van der Waals surface area contributed by atoms with Gasteiger partial charge in [-0.3, -0.25) is 4.90 Å². The molecule has 2 aromatic carbocycles. The van der Waals surface area contributed by atoms with Crippen LogP contribution in [0.4, 0.5) is 13.2 Å². The van der Waals surface area contributed by atoms with Crippen LogP contribution in [0.1, 0.15) is 34.8 Å². The van der Waals surface area contributed by atoms with Crippen molar-refractivity contribution in [3.8, 4) is 11.5 Å². The number of rotatable bonds is 4. The van der Waals surface area contributed by atoms with E-state index in [1.807, 2.05) is 24.4 Å². The topological polar surface area (TPSA) is 37.6 Å². The number of aryl methyl sites for hydroxylation is 1. The number of phenols is 1. The van der Waals surface area contributed by atoms with Crippen LogP contribution in [0.3, 0.4) is 0 Å². The Balaban J connectivity index is 1.73. The number of alkyl halides is 3. The maximum absolute atomic E-state index is 13.2. The van der Waals surface area contributed by atoms with E-state index in [1.165, 1.54) is 19.2 Å². The summed E-state index contributed by atoms with van der Waals surface area (Å²) in [5.41, 5.74) is 1.87. The summed E-state index contributed by atoms with van der Waals surface area (Å²) >= 11 is 0. The maximum Gasteiger partial charge on any atom is 0.416 e. The number of nitrogens with zero attached hydrogens (tertiary/aromatic N) is 2. The molecule has 3 aromatic rings. The molecule has 1 atom stereocenters. The fourth-order valence-corrected chi connectivity index (χ4v) is 4.15. The van der Waals surface area contributed by atoms with Gasteiger partial charge in [0.1, 0.15) is 0 Å². The van der Waals surface area contributed by atoms with Crippen molar-refractivity contribution in [3.05, 3.63) is 83.2 Å². The second-order valence-electron chi connectivity index (χ2n) is 7.48. The van der Waals surface area contributed by atoms with Crippen molar-refractivity contribution < 1.29 is 23.0 Å². The molecule has 0 amide bonds. The van der Waals surface area contributed by atoms with Crippen LogP contribution in [0, 0.1) is 0 Å². The maximum atomic E-state index is 13.2. The monoisotopic (exact) mass is 416 g/mol. The van der Waals surface area contributed by atoms with Crippen LogP contribution in [-0.2, 0) is 19.3 Å². The van der Waals surface area contributed by atoms with Gasteiger partial charge in [-0.15, -0.1) is 0 Å². The number of fused-ring (bicyclic) bond motifs is 1. The number of methoxy groups -OCH3 is 1. The minimum absolute atomic E-state index is 0.0383. The van der Waals surface area contributed by atoms with Crippen molar-refractivity contribution >= 4 is 0 Å². The Hall–Kier alpha value is -2.93. The lowest BCUT2D eigenvalue weighted by molar-refractivity contribution is -0.137. The van der Waals surface area contributed by atoms with Gasteiger partial charge in [0.25, 0.3) is 0 Å². The highest BCUT2D eigenvalue weighted by Gasteiger charge is 2.32. The Kier molecular flexibility index (Phi) is 5.47. The lowest BCUT2D eigenvalue weighted by Gasteiger charge is -2.31. The molecule has 1 N–H and O–H groups in total. The summed E-state index contributed by atoms with van der Waals surface area (Å²) in [6.45, 7) is 1.92. The van der Waals surface area contributed by atoms with Gasteiger partial charge in [-0.05, 0) is 47.9 Å². The molecule has 0 saturated carbocycles. The van der Waals surface area contributed by atoms with Crippen molar-refractivity contribution in [1.82, 2.24) is 9.47 Å². The van der Waals surface area contributed by atoms with E-state index in [0.29, 0.717) is 17.9 Å². The fourth-order valence-electron chi connectivity index (χ4n) is 4.15. The first-order valence-electron chi connectivity index (χ1n) is 9.79. The van der Waals surface area contributed by atoms with Crippen LogP contribution >= 0.6 is 0 Å². The number of hydrogen-bond donors (Lipinski definition) is 1. The number of phenolic OH excluding ortho intramolecular Hbond substituents is 1. The van der Waals surface area contributed by atoms with Gasteiger partial charge in [-0.2, -0.15) is 13.2 Å². The number of aromatic hydroxyl groups is 1. The Bertz CT molecular complexity index is 1030. The zero-order valence-electron chi connectivity index (χ0n) is 16.6. The lowest BCUT2D eigenvalue weighted by Crippen LogP contribution is -2.29. The predicted octanol–water partition coefficient (Wildman–Crippen LogP) is 5.22. The standard InChI is InChI=1S/C23H23F3N2O2/c1-30-21-9-8-17(14-20(21)29)22-19-7-3-10-27(19)11-4-12-28(22)15-16-5-2-6-18(13-16)23(24,25)26/h2-3,5-10,13-14,22,29H,4,11-12,15H2,1H3. The molecule has 1 aliphatic heterocycles. The molecule has 0 fully saturated rings. The molecule has 0 bridgehead atoms. The predicted molar refractivity (Wildman–Crippen MR) is 107 cm³/mol. The number of hydrogen-bond acceptors (Lipinski definition) is 3. The van der Waals surface area contributed by atoms with E-state index in [9.17, 15) is 18.3 Å². The zero-order chi connectivity index (χ0) is 21.3.